The predicted molar refractivity (Wildman–Crippen MR) is 127 cm³/mol. The Balaban J connectivity index is 1.84. The van der Waals surface area contributed by atoms with Crippen LogP contribution in [-0.2, 0) is 20.7 Å². The number of hydrogen-bond donors (Lipinski definition) is 6. The number of terminal acetylenes is 1. The second-order valence-corrected chi connectivity index (χ2v) is 9.36. The lowest BCUT2D eigenvalue weighted by atomic mass is 9.58. The van der Waals surface area contributed by atoms with Crippen LogP contribution < -0.4 is 11.1 Å². The molecular formula is C25H25N3O9. The zero-order valence-electron chi connectivity index (χ0n) is 19.9. The number of aliphatic hydroxyl groups is 3. The number of nitrogens with two attached hydrogens (primary N) is 1. The number of benzene rings is 1. The number of phenols is 1. The number of anilines is 1. The third-order valence-corrected chi connectivity index (χ3v) is 7.12. The topological polar surface area (TPSA) is 200 Å². The van der Waals surface area contributed by atoms with Crippen molar-refractivity contribution in [2.24, 2.45) is 17.6 Å². The van der Waals surface area contributed by atoms with Gasteiger partial charge in [0.25, 0.3) is 5.91 Å². The maximum absolute atomic E-state index is 13.6. The Morgan fingerprint density at radius 3 is 2.54 bits per heavy atom. The van der Waals surface area contributed by atoms with Gasteiger partial charge in [-0.3, -0.25) is 24.6 Å². The van der Waals surface area contributed by atoms with E-state index in [2.05, 4.69) is 11.2 Å². The van der Waals surface area contributed by atoms with E-state index in [1.165, 1.54) is 17.0 Å². The molecule has 12 heteroatoms. The number of aromatic hydroxyl groups is 1. The highest BCUT2D eigenvalue weighted by Crippen LogP contribution is 2.52. The van der Waals surface area contributed by atoms with E-state index < -0.39 is 69.9 Å². The Kier molecular flexibility index (Phi) is 6.23. The average Bonchev–Trinajstić information content (AvgIpc) is 2.81. The SMILES string of the molecule is C#CCOC(=O)Nc1ccc2c(c1O)C(=O)C1=C(O)[C@]3(O)C(=O)C(C(N)=O)=C(O)[C@@H](N(C)C)[C@@H]3C[C@@H]1C2. The number of nitrogens with zero attached hydrogens (tertiary/aromatic N) is 1. The number of likely N-dealkylation sites (N-methyl/N-ethyl adjacent to an activating group) is 1. The van der Waals surface area contributed by atoms with Gasteiger partial charge in [0.2, 0.25) is 5.78 Å². The van der Waals surface area contributed by atoms with Crippen LogP contribution in [0, 0.1) is 24.2 Å². The van der Waals surface area contributed by atoms with Crippen LogP contribution in [0.4, 0.5) is 10.5 Å². The number of ether oxygens (including phenoxy) is 1. The highest BCUT2D eigenvalue weighted by atomic mass is 16.5. The summed E-state index contributed by atoms with van der Waals surface area (Å²) in [6.07, 6.45) is 4.18. The first kappa shape index (κ1) is 25.7. The molecule has 3 aliphatic rings. The van der Waals surface area contributed by atoms with Crippen molar-refractivity contribution in [2.75, 3.05) is 26.0 Å². The number of phenolic OH excluding ortho intramolecular Hbond substituents is 1. The maximum atomic E-state index is 13.6. The van der Waals surface area contributed by atoms with Gasteiger partial charge >= 0.3 is 6.09 Å². The summed E-state index contributed by atoms with van der Waals surface area (Å²) in [5.74, 6) is -5.40. The first-order chi connectivity index (χ1) is 17.4. The Bertz CT molecular complexity index is 1350. The van der Waals surface area contributed by atoms with Crippen LogP contribution in [0.5, 0.6) is 5.75 Å². The minimum Gasteiger partial charge on any atom is -0.510 e. The van der Waals surface area contributed by atoms with E-state index in [9.17, 15) is 39.6 Å². The van der Waals surface area contributed by atoms with E-state index >= 15 is 0 Å². The number of carbonyl (C=O) groups is 4. The smallest absolute Gasteiger partial charge is 0.412 e. The molecule has 0 spiro atoms. The number of hydrogen-bond acceptors (Lipinski definition) is 10. The van der Waals surface area contributed by atoms with Gasteiger partial charge in [0.15, 0.2) is 23.7 Å². The summed E-state index contributed by atoms with van der Waals surface area (Å²) < 4.78 is 4.71. The molecule has 0 heterocycles. The van der Waals surface area contributed by atoms with Gasteiger partial charge < -0.3 is 30.9 Å². The molecule has 37 heavy (non-hydrogen) atoms. The Morgan fingerprint density at radius 2 is 1.95 bits per heavy atom. The number of rotatable bonds is 4. The second kappa shape index (κ2) is 8.95. The van der Waals surface area contributed by atoms with Crippen molar-refractivity contribution >= 4 is 29.3 Å². The standard InChI is InChI=1S/C25H25N3O9/c1-4-7-37-24(35)27-13-6-5-10-8-11-9-12-17(28(2)3)20(31)16(23(26)34)22(33)25(12,36)21(32)15(11)19(30)14(10)18(13)29/h1,5-6,11-12,17,29,31-32,36H,7-9H2,2-3H3,(H2,26,34)(H,27,35)/t11-,12-,17-,25-/m0/s1. The number of nitrogens with one attached hydrogen (secondary N) is 1. The molecule has 194 valence electrons. The summed E-state index contributed by atoms with van der Waals surface area (Å²) in [5.41, 5.74) is 1.39. The fraction of sp³-hybridized carbons (Fsp3) is 0.360. The van der Waals surface area contributed by atoms with Gasteiger partial charge in [-0.05, 0) is 44.5 Å². The number of amides is 2. The van der Waals surface area contributed by atoms with Gasteiger partial charge in [0.05, 0.1) is 17.3 Å². The lowest BCUT2D eigenvalue weighted by Crippen LogP contribution is -2.63. The van der Waals surface area contributed by atoms with Crippen LogP contribution in [0.1, 0.15) is 22.3 Å². The summed E-state index contributed by atoms with van der Waals surface area (Å²) in [6, 6.07) is 1.81. The summed E-state index contributed by atoms with van der Waals surface area (Å²) in [5, 5.41) is 46.6. The molecule has 12 nitrogen and oxygen atoms in total. The van der Waals surface area contributed by atoms with Crippen molar-refractivity contribution in [1.29, 1.82) is 0 Å². The monoisotopic (exact) mass is 511 g/mol. The van der Waals surface area contributed by atoms with Crippen LogP contribution in [0.15, 0.2) is 34.8 Å². The first-order valence-corrected chi connectivity index (χ1v) is 11.2. The summed E-state index contributed by atoms with van der Waals surface area (Å²) >= 11 is 0. The van der Waals surface area contributed by atoms with Crippen LogP contribution >= 0.6 is 0 Å². The molecule has 0 saturated carbocycles. The highest BCUT2D eigenvalue weighted by Gasteiger charge is 2.63. The van der Waals surface area contributed by atoms with Crippen molar-refractivity contribution < 1.29 is 44.3 Å². The third kappa shape index (κ3) is 3.71. The van der Waals surface area contributed by atoms with Crippen LogP contribution in [0.25, 0.3) is 0 Å². The minimum absolute atomic E-state index is 0.0229. The predicted octanol–water partition coefficient (Wildman–Crippen LogP) is 0.302. The van der Waals surface area contributed by atoms with E-state index in [4.69, 9.17) is 16.9 Å². The molecule has 0 fully saturated rings. The molecule has 4 atom stereocenters. The maximum Gasteiger partial charge on any atom is 0.412 e. The molecule has 7 N–H and O–H groups in total. The van der Waals surface area contributed by atoms with Gasteiger partial charge in [-0.25, -0.2) is 4.79 Å². The van der Waals surface area contributed by atoms with Crippen molar-refractivity contribution in [3.63, 3.8) is 0 Å². The van der Waals surface area contributed by atoms with Crippen LogP contribution in [0.2, 0.25) is 0 Å². The molecule has 0 bridgehead atoms. The molecule has 0 unspecified atom stereocenters. The van der Waals surface area contributed by atoms with Gasteiger partial charge in [-0.2, -0.15) is 0 Å². The molecule has 3 aliphatic carbocycles. The molecule has 1 aromatic rings. The fourth-order valence-electron chi connectivity index (χ4n) is 5.58. The van der Waals surface area contributed by atoms with Crippen molar-refractivity contribution in [3.05, 3.63) is 45.9 Å². The third-order valence-electron chi connectivity index (χ3n) is 7.12. The van der Waals surface area contributed by atoms with Crippen molar-refractivity contribution in [3.8, 4) is 18.1 Å². The van der Waals surface area contributed by atoms with Crippen LogP contribution in [0.3, 0.4) is 0 Å². The van der Waals surface area contributed by atoms with Gasteiger partial charge in [-0.15, -0.1) is 6.42 Å². The van der Waals surface area contributed by atoms with E-state index in [0.717, 1.165) is 0 Å². The number of primary amides is 1. The van der Waals surface area contributed by atoms with E-state index in [-0.39, 0.29) is 36.3 Å². The van der Waals surface area contributed by atoms with Gasteiger partial charge in [-0.1, -0.05) is 12.0 Å². The number of aliphatic hydroxyl groups excluding tert-OH is 2. The number of fused-ring (bicyclic) bond motifs is 3. The molecule has 0 radical (unpaired) electrons. The summed E-state index contributed by atoms with van der Waals surface area (Å²) in [6.45, 7) is -0.322. The molecular weight excluding hydrogens is 486 g/mol. The number of ketones is 2. The Labute approximate surface area is 211 Å². The second-order valence-electron chi connectivity index (χ2n) is 9.36. The van der Waals surface area contributed by atoms with E-state index in [1.54, 1.807) is 14.1 Å². The number of carbonyl (C=O) groups excluding carboxylic acids is 4. The van der Waals surface area contributed by atoms with E-state index in [1.807, 2.05) is 0 Å². The van der Waals surface area contributed by atoms with Gasteiger partial charge in [0, 0.05) is 11.5 Å². The van der Waals surface area contributed by atoms with Gasteiger partial charge in [0.1, 0.15) is 17.1 Å². The average molecular weight is 511 g/mol. The van der Waals surface area contributed by atoms with Crippen molar-refractivity contribution in [1.82, 2.24) is 4.90 Å². The zero-order chi connectivity index (χ0) is 27.4. The normalized spacial score (nSPS) is 26.7. The quantitative estimate of drug-likeness (QED) is 0.186. The summed E-state index contributed by atoms with van der Waals surface area (Å²) in [7, 11) is 3.10. The lowest BCUT2D eigenvalue weighted by molar-refractivity contribution is -0.148. The summed E-state index contributed by atoms with van der Waals surface area (Å²) in [4.78, 5) is 52.2. The molecule has 0 aromatic heterocycles. The molecule has 2 amide bonds. The molecule has 0 aliphatic heterocycles. The van der Waals surface area contributed by atoms with Crippen molar-refractivity contribution in [2.45, 2.75) is 24.5 Å². The molecule has 4 rings (SSSR count). The Morgan fingerprint density at radius 1 is 1.27 bits per heavy atom. The van der Waals surface area contributed by atoms with E-state index in [0.29, 0.717) is 5.56 Å². The zero-order valence-corrected chi connectivity index (χ0v) is 19.9. The largest absolute Gasteiger partial charge is 0.510 e. The molecule has 1 aromatic carbocycles. The first-order valence-electron chi connectivity index (χ1n) is 11.2. The number of allylic oxidation sites excluding steroid dienone is 1. The minimum atomic E-state index is -2.73. The Hall–Kier alpha value is -4.34. The number of Topliss-reactive ketones (excluding diaryl/α,β-unsaturated/α-hetero) is 2. The molecule has 0 saturated heterocycles. The fourth-order valence-corrected chi connectivity index (χ4v) is 5.58. The van der Waals surface area contributed by atoms with Crippen LogP contribution in [-0.4, -0.2) is 81.2 Å². The highest BCUT2D eigenvalue weighted by molar-refractivity contribution is 6.25. The lowest BCUT2D eigenvalue weighted by Gasteiger charge is -2.50.